The summed E-state index contributed by atoms with van der Waals surface area (Å²) in [5, 5.41) is 26.3. The third-order valence-electron chi connectivity index (χ3n) is 9.10. The fourth-order valence-corrected chi connectivity index (χ4v) is 5.37. The van der Waals surface area contributed by atoms with Crippen LogP contribution in [0.4, 0.5) is 0 Å². The largest absolute Gasteiger partial charge is 0.520 e. The molecular formula is C65H119B4BrN6O9S3Y2-2. The van der Waals surface area contributed by atoms with Crippen molar-refractivity contribution < 1.29 is 110 Å². The first-order chi connectivity index (χ1) is 40.3. The van der Waals surface area contributed by atoms with E-state index < -0.39 is 12.4 Å². The molecule has 4 heterocycles. The van der Waals surface area contributed by atoms with Gasteiger partial charge in [-0.25, -0.2) is 0 Å². The number of aliphatic hydroxyl groups is 2. The zero-order valence-corrected chi connectivity index (χ0v) is 64.2. The molecule has 4 aliphatic rings. The van der Waals surface area contributed by atoms with E-state index in [1.54, 1.807) is 52.0 Å². The van der Waals surface area contributed by atoms with Crippen LogP contribution in [0.25, 0.3) is 0 Å². The number of thioether (sulfide) groups is 3. The van der Waals surface area contributed by atoms with Crippen molar-refractivity contribution in [3.63, 3.8) is 0 Å². The molecule has 90 heavy (non-hydrogen) atoms. The molecule has 4 aromatic rings. The Morgan fingerprint density at radius 3 is 0.733 bits per heavy atom. The summed E-state index contributed by atoms with van der Waals surface area (Å²) < 4.78 is 0. The molecule has 4 fully saturated rings. The van der Waals surface area contributed by atoms with Crippen LogP contribution in [0.5, 0.6) is 0 Å². The predicted octanol–water partition coefficient (Wildman–Crippen LogP) is 10.5. The molecule has 0 saturated carbocycles. The van der Waals surface area contributed by atoms with Gasteiger partial charge in [-0.2, -0.15) is 48.1 Å². The molecule has 3 amide bonds. The molecule has 8 rings (SSSR count). The number of likely N-dealkylation sites (tertiary alicyclic amines) is 1. The zero-order valence-electron chi connectivity index (χ0n) is 54.5. The Balaban J connectivity index is -0.0000000591. The molecule has 0 spiro atoms. The van der Waals surface area contributed by atoms with Crippen molar-refractivity contribution in [1.29, 1.82) is 0 Å². The number of ketones is 2. The molecular weight excluding hydrogens is 1410 g/mol. The molecule has 0 unspecified atom stereocenters. The van der Waals surface area contributed by atoms with E-state index in [-0.39, 0.29) is 126 Å². The summed E-state index contributed by atoms with van der Waals surface area (Å²) in [4.78, 5) is 69.9. The number of piperazine rings is 2. The molecule has 4 aromatic carbocycles. The van der Waals surface area contributed by atoms with Crippen molar-refractivity contribution in [3.05, 3.63) is 146 Å². The number of benzene rings is 4. The van der Waals surface area contributed by atoms with E-state index in [0.29, 0.717) is 6.04 Å². The number of aliphatic carboxylic acids is 1. The van der Waals surface area contributed by atoms with Crippen molar-refractivity contribution >= 4 is 117 Å². The number of amides is 3. The van der Waals surface area contributed by atoms with E-state index in [4.69, 9.17) is 20.1 Å². The molecule has 4 aliphatic heterocycles. The normalized spacial score (nSPS) is 11.9. The first kappa shape index (κ1) is 122. The van der Waals surface area contributed by atoms with Gasteiger partial charge in [-0.05, 0) is 57.2 Å². The van der Waals surface area contributed by atoms with Crippen molar-refractivity contribution in [3.8, 4) is 0 Å². The minimum Gasteiger partial charge on any atom is -0.520 e. The van der Waals surface area contributed by atoms with Crippen LogP contribution in [-0.2, 0) is 94.2 Å². The topological polar surface area (TPSA) is 191 Å². The Labute approximate surface area is 628 Å². The monoisotopic (exact) mass is 1520 g/mol. The number of hydrogen-bond donors (Lipinski definition) is 4. The Morgan fingerprint density at radius 2 is 0.622 bits per heavy atom. The van der Waals surface area contributed by atoms with Gasteiger partial charge in [-0.3, -0.25) is 29.0 Å². The molecule has 0 atom stereocenters. The van der Waals surface area contributed by atoms with E-state index >= 15 is 0 Å². The van der Waals surface area contributed by atoms with Crippen molar-refractivity contribution in [2.24, 2.45) is 0 Å². The van der Waals surface area contributed by atoms with Gasteiger partial charge in [0.25, 0.3) is 5.97 Å². The fourth-order valence-electron chi connectivity index (χ4n) is 5.37. The predicted molar refractivity (Wildman–Crippen MR) is 401 cm³/mol. The van der Waals surface area contributed by atoms with Crippen LogP contribution < -0.4 is 5.32 Å². The number of hydrogen-bond acceptors (Lipinski definition) is 14. The SMILES string of the molecule is C.C.C.C.CBr.CC.CC.CC(=O)CO.CC(=O)CO.CC(=O)N1CC(N2CCN([C-]=O)CC2)C1.CC(=O)O.CSC.CSC.CSC.O=[C-]N1CCN(C2CNC2)CC1.[B]B([B])[B].[Y].[Y].c1ccccc1.c1ccccc1.c1ccccc1.c1ccccc1. The quantitative estimate of drug-likeness (QED) is 0.0809. The smallest absolute Gasteiger partial charge is 0.300 e. The van der Waals surface area contributed by atoms with Gasteiger partial charge in [-0.15, -0.1) is 0 Å². The van der Waals surface area contributed by atoms with Crippen LogP contribution in [-0.4, -0.2) is 253 Å². The van der Waals surface area contributed by atoms with Crippen LogP contribution in [0.1, 0.15) is 85.1 Å². The van der Waals surface area contributed by atoms with Crippen LogP contribution >= 0.6 is 51.2 Å². The first-order valence-electron chi connectivity index (χ1n) is 27.3. The van der Waals surface area contributed by atoms with Crippen LogP contribution in [0.3, 0.4) is 0 Å². The van der Waals surface area contributed by atoms with Crippen molar-refractivity contribution in [1.82, 2.24) is 29.8 Å². The Bertz CT molecular complexity index is 1630. The number of rotatable bonds is 6. The fraction of sp³-hybridized carbons (Fsp3) is 0.538. The number of Topliss-reactive ketones (excluding diaryl/α,β-unsaturated/α-hetero) is 2. The van der Waals surface area contributed by atoms with Gasteiger partial charge >= 0.3 is 0 Å². The molecule has 15 nitrogen and oxygen atoms in total. The van der Waals surface area contributed by atoms with Crippen molar-refractivity contribution in [2.45, 2.75) is 97.2 Å². The Hall–Kier alpha value is -2.10. The van der Waals surface area contributed by atoms with E-state index in [9.17, 15) is 24.0 Å². The Kier molecular flexibility index (Phi) is 143. The summed E-state index contributed by atoms with van der Waals surface area (Å²) in [5.41, 5.74) is 0. The third kappa shape index (κ3) is 107. The van der Waals surface area contributed by atoms with Crippen LogP contribution in [0.15, 0.2) is 146 Å². The summed E-state index contributed by atoms with van der Waals surface area (Å²) in [6.45, 7) is 23.7. The van der Waals surface area contributed by atoms with Gasteiger partial charge in [0.2, 0.25) is 5.91 Å². The molecule has 8 radical (unpaired) electrons. The number of carbonyl (C=O) groups is 4. The number of carboxylic acid groups (broad SMARTS) is 1. The zero-order chi connectivity index (χ0) is 66.0. The van der Waals surface area contributed by atoms with Gasteiger partial charge < -0.3 is 44.9 Å². The third-order valence-corrected chi connectivity index (χ3v) is 9.10. The molecule has 0 bridgehead atoms. The second-order valence-corrected chi connectivity index (χ2v) is 18.7. The van der Waals surface area contributed by atoms with Gasteiger partial charge in [-0.1, -0.05) is 219 Å². The first-order valence-corrected chi connectivity index (χ1v) is 33.8. The summed E-state index contributed by atoms with van der Waals surface area (Å²) in [6, 6.07) is 49.2. The summed E-state index contributed by atoms with van der Waals surface area (Å²) >= 11 is 8.19. The number of halogens is 1. The Morgan fingerprint density at radius 1 is 0.467 bits per heavy atom. The summed E-state index contributed by atoms with van der Waals surface area (Å²) in [7, 11) is 14.0. The van der Waals surface area contributed by atoms with E-state index in [1.807, 2.05) is 234 Å². The van der Waals surface area contributed by atoms with Gasteiger partial charge in [0.05, 0.1) is 0 Å². The maximum atomic E-state index is 11.0. The standard InChI is InChI=1S/C10H16N3O2.C8H14N3O.4C6H6.2C3H6O2.C2H4O2.3C2H6S.2C2H6.CH3Br.4CH4.B4.2Y/c1-9(15)13-6-10(7-13)12-4-2-11(8-14)3-5-12;12-7-10-1-3-11(4-2-10)8-5-9-6-8;4*1-2-4-6-5-3-1;2*1-3(5)2-4;1-2(3)4;3*1-3-2;3*1-2;;;;;1-4(2)3;;/h10H,2-7H2,1H3;8-9H,1-6H2;4*1-6H;2*4H,2H2,1H3;1H3,(H,3,4);3*1-2H3;2*1-2H3;1H3;4*1H4;;;/q2*-1;;;;;;;;;;;;;;;;;;;;. The molecule has 25 heteroatoms. The molecule has 0 aliphatic carbocycles. The summed E-state index contributed by atoms with van der Waals surface area (Å²) in [6.07, 6.45) is 15.4. The number of carbonyl (C=O) groups excluding carboxylic acids is 5. The number of carboxylic acids is 1. The van der Waals surface area contributed by atoms with Gasteiger partial charge in [0.15, 0.2) is 11.6 Å². The average molecular weight is 1530 g/mol. The van der Waals surface area contributed by atoms with Crippen molar-refractivity contribution in [2.75, 3.05) is 135 Å². The second kappa shape index (κ2) is 106. The van der Waals surface area contributed by atoms with E-state index in [2.05, 4.69) is 54.3 Å². The minimum atomic E-state index is -0.833. The molecule has 0 aromatic heterocycles. The minimum absolute atomic E-state index is 0. The van der Waals surface area contributed by atoms with E-state index in [0.717, 1.165) is 91.5 Å². The average Bonchev–Trinajstić information content (AvgIpc) is 3.07. The maximum absolute atomic E-state index is 11.0. The number of aliphatic hydroxyl groups excluding tert-OH is 2. The molecule has 4 saturated heterocycles. The van der Waals surface area contributed by atoms with Crippen LogP contribution in [0, 0.1) is 0 Å². The maximum Gasteiger partial charge on any atom is 0.300 e. The summed E-state index contributed by atoms with van der Waals surface area (Å²) in [5.74, 6) is 0.758. The molecule has 4 N–H and O–H groups in total. The second-order valence-electron chi connectivity index (χ2n) is 16.3. The van der Waals surface area contributed by atoms with Crippen LogP contribution in [0.2, 0.25) is 0 Å². The van der Waals surface area contributed by atoms with Gasteiger partial charge in [0, 0.05) is 199 Å². The van der Waals surface area contributed by atoms with E-state index in [1.165, 1.54) is 13.8 Å². The van der Waals surface area contributed by atoms with Gasteiger partial charge in [0.1, 0.15) is 13.2 Å². The number of nitrogens with zero attached hydrogens (tertiary/aromatic N) is 5. The molecule has 508 valence electrons. The number of alkyl halides is 1. The number of nitrogens with one attached hydrogen (secondary N) is 1.